The molecule has 0 aromatic carbocycles. The quantitative estimate of drug-likeness (QED) is 0.159. The lowest BCUT2D eigenvalue weighted by atomic mass is 9.66. The number of aliphatic hydroxyl groups excluding tert-OH is 1. The largest absolute Gasteiger partial charge is 0.465 e. The van der Waals surface area contributed by atoms with E-state index in [1.807, 2.05) is 31.7 Å². The lowest BCUT2D eigenvalue weighted by molar-refractivity contribution is -0.164. The Bertz CT molecular complexity index is 1030. The molecule has 2 amide bonds. The number of rotatable bonds is 15. The van der Waals surface area contributed by atoms with Crippen molar-refractivity contribution in [1.82, 2.24) is 9.80 Å². The zero-order valence-corrected chi connectivity index (χ0v) is 27.4. The molecule has 2 unspecified atom stereocenters. The first kappa shape index (κ1) is 34.3. The van der Waals surface area contributed by atoms with Crippen LogP contribution in [-0.4, -0.2) is 81.3 Å². The van der Waals surface area contributed by atoms with Gasteiger partial charge in [-0.25, -0.2) is 0 Å². The van der Waals surface area contributed by atoms with Crippen LogP contribution in [0.15, 0.2) is 25.3 Å². The molecule has 1 N–H and O–H groups in total. The van der Waals surface area contributed by atoms with E-state index in [2.05, 4.69) is 47.8 Å². The molecule has 42 heavy (non-hydrogen) atoms. The molecule has 2 bridgehead atoms. The second kappa shape index (κ2) is 12.8. The fourth-order valence-corrected chi connectivity index (χ4v) is 8.13. The Morgan fingerprint density at radius 2 is 1.86 bits per heavy atom. The lowest BCUT2D eigenvalue weighted by Gasteiger charge is -2.47. The van der Waals surface area contributed by atoms with Crippen molar-refractivity contribution < 1.29 is 29.0 Å². The van der Waals surface area contributed by atoms with Crippen LogP contribution in [0.4, 0.5) is 0 Å². The maximum absolute atomic E-state index is 14.9. The third-order valence-electron chi connectivity index (χ3n) is 9.87. The van der Waals surface area contributed by atoms with Gasteiger partial charge >= 0.3 is 5.97 Å². The van der Waals surface area contributed by atoms with E-state index in [4.69, 9.17) is 9.47 Å². The SMILES string of the molecule is C=CCCCCOC(=O)[C@@H]1[C@H]2C(=O)N([C@@H](CO)[C@@H](C)CC)C(C(=O)N(CC=C)C(C)(C)CC(C)(C)C)C23CC[C@@]1(C)O3. The zero-order valence-electron chi connectivity index (χ0n) is 27.4. The second-order valence-electron chi connectivity index (χ2n) is 14.8. The fourth-order valence-electron chi connectivity index (χ4n) is 8.13. The van der Waals surface area contributed by atoms with Crippen LogP contribution >= 0.6 is 0 Å². The first-order valence-electron chi connectivity index (χ1n) is 15.9. The molecule has 1 spiro atoms. The van der Waals surface area contributed by atoms with E-state index >= 15 is 0 Å². The number of aliphatic hydroxyl groups is 1. The Morgan fingerprint density at radius 1 is 1.19 bits per heavy atom. The normalized spacial score (nSPS) is 30.2. The van der Waals surface area contributed by atoms with Crippen LogP contribution in [0.3, 0.4) is 0 Å². The van der Waals surface area contributed by atoms with Crippen molar-refractivity contribution in [3.05, 3.63) is 25.3 Å². The highest BCUT2D eigenvalue weighted by atomic mass is 16.6. The molecule has 3 saturated heterocycles. The fraction of sp³-hybridized carbons (Fsp3) is 0.794. The topological polar surface area (TPSA) is 96.4 Å². The van der Waals surface area contributed by atoms with E-state index in [-0.39, 0.29) is 36.4 Å². The third-order valence-corrected chi connectivity index (χ3v) is 9.87. The summed E-state index contributed by atoms with van der Waals surface area (Å²) >= 11 is 0. The van der Waals surface area contributed by atoms with Gasteiger partial charge in [-0.3, -0.25) is 14.4 Å². The summed E-state index contributed by atoms with van der Waals surface area (Å²) in [5.74, 6) is -2.68. The van der Waals surface area contributed by atoms with Crippen LogP contribution < -0.4 is 0 Å². The molecule has 0 aliphatic carbocycles. The number of carbonyl (C=O) groups excluding carboxylic acids is 3. The Balaban J connectivity index is 2.10. The molecule has 3 heterocycles. The van der Waals surface area contributed by atoms with Gasteiger partial charge in [0, 0.05) is 12.1 Å². The van der Waals surface area contributed by atoms with Crippen molar-refractivity contribution in [2.45, 2.75) is 129 Å². The monoisotopic (exact) mass is 588 g/mol. The maximum Gasteiger partial charge on any atom is 0.312 e. The number of hydrogen-bond acceptors (Lipinski definition) is 6. The third kappa shape index (κ3) is 6.21. The molecule has 0 radical (unpaired) electrons. The summed E-state index contributed by atoms with van der Waals surface area (Å²) in [5, 5.41) is 10.6. The smallest absolute Gasteiger partial charge is 0.312 e. The minimum Gasteiger partial charge on any atom is -0.465 e. The van der Waals surface area contributed by atoms with Crippen molar-refractivity contribution in [1.29, 1.82) is 0 Å². The highest BCUT2D eigenvalue weighted by molar-refractivity contribution is 5.99. The van der Waals surface area contributed by atoms with Crippen molar-refractivity contribution in [3.8, 4) is 0 Å². The Labute approximate surface area is 253 Å². The summed E-state index contributed by atoms with van der Waals surface area (Å²) in [5.41, 5.74) is -2.69. The van der Waals surface area contributed by atoms with Gasteiger partial charge in [0.25, 0.3) is 0 Å². The maximum atomic E-state index is 14.9. The molecule has 7 atom stereocenters. The number of carbonyl (C=O) groups is 3. The summed E-state index contributed by atoms with van der Waals surface area (Å²) in [4.78, 5) is 46.6. The minimum absolute atomic E-state index is 0.0596. The van der Waals surface area contributed by atoms with Crippen LogP contribution in [0.1, 0.15) is 100 Å². The van der Waals surface area contributed by atoms with Crippen LogP contribution in [0.2, 0.25) is 0 Å². The zero-order chi connectivity index (χ0) is 31.7. The summed E-state index contributed by atoms with van der Waals surface area (Å²) in [6.07, 6.45) is 8.45. The summed E-state index contributed by atoms with van der Waals surface area (Å²) < 4.78 is 12.5. The lowest BCUT2D eigenvalue weighted by Crippen LogP contribution is -2.63. The number of likely N-dealkylation sites (tertiary alicyclic amines) is 1. The van der Waals surface area contributed by atoms with Crippen LogP contribution in [0.25, 0.3) is 0 Å². The highest BCUT2D eigenvalue weighted by Gasteiger charge is 2.79. The molecule has 238 valence electrons. The van der Waals surface area contributed by atoms with Crippen molar-refractivity contribution in [2.75, 3.05) is 19.8 Å². The minimum atomic E-state index is -1.17. The van der Waals surface area contributed by atoms with E-state index in [0.29, 0.717) is 32.2 Å². The molecule has 8 heteroatoms. The standard InChI is InChI=1S/C34H56N2O6/c1-11-14-15-16-20-41-30(40)26-25-28(38)36(24(21-37)23(4)13-3)27(34(25)18-17-33(26,10)42-34)29(39)35(19-12-2)32(8,9)22-31(5,6)7/h11-12,23-27,37H,1-2,13-22H2,3-10H3/t23-,24-,25-,26-,27?,33+,34?/m0/s1. The predicted molar refractivity (Wildman–Crippen MR) is 164 cm³/mol. The van der Waals surface area contributed by atoms with E-state index in [1.165, 1.54) is 0 Å². The highest BCUT2D eigenvalue weighted by Crippen LogP contribution is 2.64. The molecular weight excluding hydrogens is 532 g/mol. The van der Waals surface area contributed by atoms with Gasteiger partial charge in [0.1, 0.15) is 17.6 Å². The first-order valence-corrected chi connectivity index (χ1v) is 15.9. The molecule has 3 aliphatic heterocycles. The number of allylic oxidation sites excluding steroid dienone is 1. The summed E-state index contributed by atoms with van der Waals surface area (Å²) in [6.45, 7) is 24.4. The molecule has 3 fully saturated rings. The van der Waals surface area contributed by atoms with E-state index in [9.17, 15) is 19.5 Å². The van der Waals surface area contributed by atoms with Crippen LogP contribution in [-0.2, 0) is 23.9 Å². The number of esters is 1. The Morgan fingerprint density at radius 3 is 2.40 bits per heavy atom. The van der Waals surface area contributed by atoms with Gasteiger partial charge in [-0.1, -0.05) is 53.2 Å². The average Bonchev–Trinajstić information content (AvgIpc) is 3.46. The number of ether oxygens (including phenoxy) is 2. The van der Waals surface area contributed by atoms with Gasteiger partial charge in [0.2, 0.25) is 11.8 Å². The van der Waals surface area contributed by atoms with Crippen LogP contribution in [0, 0.1) is 23.2 Å². The van der Waals surface area contributed by atoms with Gasteiger partial charge in [-0.2, -0.15) is 0 Å². The predicted octanol–water partition coefficient (Wildman–Crippen LogP) is 5.29. The number of fused-ring (bicyclic) bond motifs is 1. The molecule has 3 rings (SSSR count). The molecule has 3 aliphatic rings. The average molecular weight is 589 g/mol. The number of nitrogens with zero attached hydrogens (tertiary/aromatic N) is 2. The van der Waals surface area contributed by atoms with Gasteiger partial charge in [-0.05, 0) is 70.6 Å². The summed E-state index contributed by atoms with van der Waals surface area (Å²) in [7, 11) is 0. The van der Waals surface area contributed by atoms with Gasteiger partial charge < -0.3 is 24.4 Å². The van der Waals surface area contributed by atoms with E-state index < -0.39 is 46.6 Å². The molecule has 0 aromatic rings. The van der Waals surface area contributed by atoms with Crippen molar-refractivity contribution in [2.24, 2.45) is 23.2 Å². The Hall–Kier alpha value is -2.19. The summed E-state index contributed by atoms with van der Waals surface area (Å²) in [6, 6.07) is -1.55. The van der Waals surface area contributed by atoms with E-state index in [0.717, 1.165) is 19.3 Å². The number of hydrogen-bond donors (Lipinski definition) is 1. The number of unbranched alkanes of at least 4 members (excludes halogenated alkanes) is 2. The van der Waals surface area contributed by atoms with Gasteiger partial charge in [-0.15, -0.1) is 13.2 Å². The van der Waals surface area contributed by atoms with E-state index in [1.54, 1.807) is 11.0 Å². The first-order chi connectivity index (χ1) is 19.5. The molecule has 0 saturated carbocycles. The molecular formula is C34H56N2O6. The number of amides is 2. The van der Waals surface area contributed by atoms with Crippen molar-refractivity contribution >= 4 is 17.8 Å². The molecule has 8 nitrogen and oxygen atoms in total. The van der Waals surface area contributed by atoms with Crippen molar-refractivity contribution in [3.63, 3.8) is 0 Å². The van der Waals surface area contributed by atoms with Gasteiger partial charge in [0.05, 0.1) is 30.8 Å². The molecule has 0 aromatic heterocycles. The van der Waals surface area contributed by atoms with Crippen LogP contribution in [0.5, 0.6) is 0 Å². The van der Waals surface area contributed by atoms with Gasteiger partial charge in [0.15, 0.2) is 0 Å². The Kier molecular flexibility index (Phi) is 10.5. The second-order valence-corrected chi connectivity index (χ2v) is 14.8.